The lowest BCUT2D eigenvalue weighted by molar-refractivity contribution is 0.173. The first kappa shape index (κ1) is 18.9. The average Bonchev–Trinajstić information content (AvgIpc) is 3.21. The van der Waals surface area contributed by atoms with Crippen molar-refractivity contribution in [2.45, 2.75) is 51.6 Å². The number of rotatable bonds is 9. The SMILES string of the molecule is CCCC(NC(CC)C1CCOC1)c1ccc(Oc2ccccc2)cc1. The van der Waals surface area contributed by atoms with Gasteiger partial charge in [0.2, 0.25) is 0 Å². The fourth-order valence-corrected chi connectivity index (χ4v) is 3.74. The molecule has 0 spiro atoms. The Kier molecular flexibility index (Phi) is 7.10. The number of hydrogen-bond donors (Lipinski definition) is 1. The van der Waals surface area contributed by atoms with Crippen LogP contribution in [-0.4, -0.2) is 19.3 Å². The van der Waals surface area contributed by atoms with Crippen LogP contribution in [0.3, 0.4) is 0 Å². The van der Waals surface area contributed by atoms with Crippen LogP contribution in [0.2, 0.25) is 0 Å². The molecule has 3 heteroatoms. The Balaban J connectivity index is 1.66. The van der Waals surface area contributed by atoms with Crippen LogP contribution in [0.25, 0.3) is 0 Å². The Morgan fingerprint density at radius 1 is 1.04 bits per heavy atom. The van der Waals surface area contributed by atoms with Crippen molar-refractivity contribution in [1.82, 2.24) is 5.32 Å². The first-order valence-corrected chi connectivity index (χ1v) is 9.96. The Bertz CT molecular complexity index is 635. The third-order valence-corrected chi connectivity index (χ3v) is 5.23. The van der Waals surface area contributed by atoms with Gasteiger partial charge < -0.3 is 14.8 Å². The molecule has 3 rings (SSSR count). The van der Waals surface area contributed by atoms with Gasteiger partial charge in [0.05, 0.1) is 6.61 Å². The van der Waals surface area contributed by atoms with Crippen LogP contribution in [0.5, 0.6) is 11.5 Å². The molecule has 2 aromatic carbocycles. The highest BCUT2D eigenvalue weighted by Crippen LogP contribution is 2.27. The number of nitrogens with one attached hydrogen (secondary N) is 1. The predicted octanol–water partition coefficient (Wildman–Crippen LogP) is 5.72. The third-order valence-electron chi connectivity index (χ3n) is 5.23. The fourth-order valence-electron chi connectivity index (χ4n) is 3.74. The van der Waals surface area contributed by atoms with Crippen LogP contribution in [0.4, 0.5) is 0 Å². The molecule has 3 unspecified atom stereocenters. The summed E-state index contributed by atoms with van der Waals surface area (Å²) in [6.45, 7) is 6.33. The minimum atomic E-state index is 0.385. The first-order chi connectivity index (χ1) is 12.8. The highest BCUT2D eigenvalue weighted by molar-refractivity contribution is 5.34. The summed E-state index contributed by atoms with van der Waals surface area (Å²) in [5.41, 5.74) is 1.34. The molecule has 2 aromatic rings. The maximum absolute atomic E-state index is 5.92. The summed E-state index contributed by atoms with van der Waals surface area (Å²) in [6, 6.07) is 19.4. The summed E-state index contributed by atoms with van der Waals surface area (Å²) in [4.78, 5) is 0. The second kappa shape index (κ2) is 9.75. The third kappa shape index (κ3) is 5.09. The van der Waals surface area contributed by atoms with Gasteiger partial charge in [0.25, 0.3) is 0 Å². The van der Waals surface area contributed by atoms with Gasteiger partial charge in [-0.15, -0.1) is 0 Å². The first-order valence-electron chi connectivity index (χ1n) is 9.96. The lowest BCUT2D eigenvalue weighted by Crippen LogP contribution is -2.38. The predicted molar refractivity (Wildman–Crippen MR) is 107 cm³/mol. The van der Waals surface area contributed by atoms with Gasteiger partial charge in [0, 0.05) is 18.7 Å². The van der Waals surface area contributed by atoms with Crippen LogP contribution in [0.1, 0.15) is 51.1 Å². The average molecular weight is 354 g/mol. The molecule has 1 saturated heterocycles. The standard InChI is InChI=1S/C23H31NO2/c1-3-8-23(24-22(4-2)19-15-16-25-17-19)18-11-13-21(14-12-18)26-20-9-6-5-7-10-20/h5-7,9-14,19,22-24H,3-4,8,15-17H2,1-2H3. The van der Waals surface area contributed by atoms with E-state index in [-0.39, 0.29) is 0 Å². The quantitative estimate of drug-likeness (QED) is 0.625. The van der Waals surface area contributed by atoms with Crippen molar-refractivity contribution in [3.05, 3.63) is 60.2 Å². The maximum Gasteiger partial charge on any atom is 0.127 e. The normalized spacial score (nSPS) is 19.2. The molecule has 1 heterocycles. The van der Waals surface area contributed by atoms with Crippen molar-refractivity contribution < 1.29 is 9.47 Å². The van der Waals surface area contributed by atoms with Gasteiger partial charge in [-0.25, -0.2) is 0 Å². The van der Waals surface area contributed by atoms with E-state index >= 15 is 0 Å². The minimum absolute atomic E-state index is 0.385. The van der Waals surface area contributed by atoms with Gasteiger partial charge in [0.15, 0.2) is 0 Å². The molecule has 1 N–H and O–H groups in total. The van der Waals surface area contributed by atoms with Crippen molar-refractivity contribution in [3.63, 3.8) is 0 Å². The van der Waals surface area contributed by atoms with Crippen molar-refractivity contribution in [1.29, 1.82) is 0 Å². The monoisotopic (exact) mass is 353 g/mol. The van der Waals surface area contributed by atoms with Crippen LogP contribution in [-0.2, 0) is 4.74 Å². The zero-order valence-electron chi connectivity index (χ0n) is 16.0. The molecule has 0 aromatic heterocycles. The highest BCUT2D eigenvalue weighted by Gasteiger charge is 2.26. The van der Waals surface area contributed by atoms with Crippen LogP contribution in [0, 0.1) is 5.92 Å². The second-order valence-electron chi connectivity index (χ2n) is 7.13. The van der Waals surface area contributed by atoms with E-state index in [1.54, 1.807) is 0 Å². The van der Waals surface area contributed by atoms with Crippen LogP contribution in [0.15, 0.2) is 54.6 Å². The van der Waals surface area contributed by atoms with E-state index in [0.717, 1.165) is 44.0 Å². The lowest BCUT2D eigenvalue weighted by Gasteiger charge is -2.29. The van der Waals surface area contributed by atoms with E-state index in [2.05, 4.69) is 43.4 Å². The van der Waals surface area contributed by atoms with E-state index in [1.807, 2.05) is 30.3 Å². The van der Waals surface area contributed by atoms with Crippen molar-refractivity contribution in [2.24, 2.45) is 5.92 Å². The van der Waals surface area contributed by atoms with Gasteiger partial charge in [-0.2, -0.15) is 0 Å². The molecule has 26 heavy (non-hydrogen) atoms. The zero-order valence-corrected chi connectivity index (χ0v) is 16.0. The largest absolute Gasteiger partial charge is 0.457 e. The fraction of sp³-hybridized carbons (Fsp3) is 0.478. The molecule has 1 aliphatic heterocycles. The molecule has 0 saturated carbocycles. The lowest BCUT2D eigenvalue weighted by atomic mass is 9.93. The number of ether oxygens (including phenoxy) is 2. The van der Waals surface area contributed by atoms with Gasteiger partial charge >= 0.3 is 0 Å². The molecular weight excluding hydrogens is 322 g/mol. The van der Waals surface area contributed by atoms with E-state index < -0.39 is 0 Å². The molecule has 0 aliphatic carbocycles. The van der Waals surface area contributed by atoms with Crippen LogP contribution < -0.4 is 10.1 Å². The Labute approximate surface area is 157 Å². The number of hydrogen-bond acceptors (Lipinski definition) is 3. The second-order valence-corrected chi connectivity index (χ2v) is 7.13. The van der Waals surface area contributed by atoms with Gasteiger partial charge in [0.1, 0.15) is 11.5 Å². The summed E-state index contributed by atoms with van der Waals surface area (Å²) in [6.07, 6.45) is 4.62. The molecule has 1 fully saturated rings. The minimum Gasteiger partial charge on any atom is -0.457 e. The Morgan fingerprint density at radius 3 is 2.38 bits per heavy atom. The highest BCUT2D eigenvalue weighted by atomic mass is 16.5. The number of benzene rings is 2. The van der Waals surface area contributed by atoms with E-state index in [4.69, 9.17) is 9.47 Å². The molecule has 140 valence electrons. The van der Waals surface area contributed by atoms with Crippen molar-refractivity contribution in [2.75, 3.05) is 13.2 Å². The zero-order chi connectivity index (χ0) is 18.2. The van der Waals surface area contributed by atoms with Gasteiger partial charge in [-0.3, -0.25) is 0 Å². The topological polar surface area (TPSA) is 30.5 Å². The van der Waals surface area contributed by atoms with Crippen molar-refractivity contribution >= 4 is 0 Å². The smallest absolute Gasteiger partial charge is 0.127 e. The Morgan fingerprint density at radius 2 is 1.77 bits per heavy atom. The summed E-state index contributed by atoms with van der Waals surface area (Å²) in [7, 11) is 0. The Hall–Kier alpha value is -1.84. The van der Waals surface area contributed by atoms with Gasteiger partial charge in [-0.1, -0.05) is 50.6 Å². The van der Waals surface area contributed by atoms with E-state index in [1.165, 1.54) is 12.0 Å². The molecule has 0 bridgehead atoms. The van der Waals surface area contributed by atoms with E-state index in [0.29, 0.717) is 18.0 Å². The molecule has 3 atom stereocenters. The summed E-state index contributed by atoms with van der Waals surface area (Å²) in [5.74, 6) is 2.39. The molecule has 1 aliphatic rings. The summed E-state index contributed by atoms with van der Waals surface area (Å²) < 4.78 is 11.5. The van der Waals surface area contributed by atoms with Gasteiger partial charge in [-0.05, 0) is 55.0 Å². The number of para-hydroxylation sites is 1. The molecule has 3 nitrogen and oxygen atoms in total. The summed E-state index contributed by atoms with van der Waals surface area (Å²) in [5, 5.41) is 3.91. The summed E-state index contributed by atoms with van der Waals surface area (Å²) >= 11 is 0. The molecule has 0 amide bonds. The maximum atomic E-state index is 5.92. The molecular formula is C23H31NO2. The van der Waals surface area contributed by atoms with E-state index in [9.17, 15) is 0 Å². The van der Waals surface area contributed by atoms with Crippen LogP contribution >= 0.6 is 0 Å². The van der Waals surface area contributed by atoms with Crippen molar-refractivity contribution in [3.8, 4) is 11.5 Å². The molecule has 0 radical (unpaired) electrons.